The van der Waals surface area contributed by atoms with Crippen molar-refractivity contribution in [2.45, 2.75) is 39.2 Å². The molecule has 1 aliphatic heterocycles. The van der Waals surface area contributed by atoms with Crippen molar-refractivity contribution in [3.8, 4) is 0 Å². The zero-order valence-electron chi connectivity index (χ0n) is 15.1. The van der Waals surface area contributed by atoms with Crippen LogP contribution in [-0.4, -0.2) is 42.6 Å². The number of carbonyl (C=O) groups is 1. The molecular formula is C17H25N5O3. The van der Waals surface area contributed by atoms with Crippen LogP contribution in [0, 0.1) is 5.92 Å². The van der Waals surface area contributed by atoms with E-state index in [0.717, 1.165) is 30.5 Å². The van der Waals surface area contributed by atoms with Crippen molar-refractivity contribution in [1.29, 1.82) is 0 Å². The van der Waals surface area contributed by atoms with Gasteiger partial charge in [0.1, 0.15) is 0 Å². The maximum absolute atomic E-state index is 12.5. The molecule has 0 N–H and O–H groups in total. The standard InChI is InChI=1S/C17H25N5O3/c1-4-12-6-5-8-21(10-12)13(23)7-9-22-11-18-15-14(22)16(24)20(3)17(25)19(15)2/h11-12H,4-10H2,1-3H3/t12-/m0/s1. The topological polar surface area (TPSA) is 82.1 Å². The summed E-state index contributed by atoms with van der Waals surface area (Å²) in [6.07, 6.45) is 5.20. The summed E-state index contributed by atoms with van der Waals surface area (Å²) in [7, 11) is 3.04. The molecule has 1 amide bonds. The predicted molar refractivity (Wildman–Crippen MR) is 94.4 cm³/mol. The van der Waals surface area contributed by atoms with E-state index < -0.39 is 5.69 Å². The Morgan fingerprint density at radius 1 is 1.28 bits per heavy atom. The van der Waals surface area contributed by atoms with Crippen molar-refractivity contribution in [2.75, 3.05) is 13.1 Å². The number of aryl methyl sites for hydroxylation is 2. The van der Waals surface area contributed by atoms with Crippen LogP contribution in [0.15, 0.2) is 15.9 Å². The molecular weight excluding hydrogens is 322 g/mol. The molecule has 0 aliphatic carbocycles. The monoisotopic (exact) mass is 347 g/mol. The molecule has 8 nitrogen and oxygen atoms in total. The highest BCUT2D eigenvalue weighted by Gasteiger charge is 2.22. The third-order valence-electron chi connectivity index (χ3n) is 5.23. The maximum Gasteiger partial charge on any atom is 0.332 e. The number of amides is 1. The first-order valence-electron chi connectivity index (χ1n) is 8.82. The number of hydrogen-bond acceptors (Lipinski definition) is 4. The molecule has 0 bridgehead atoms. The second kappa shape index (κ2) is 6.85. The Balaban J connectivity index is 1.79. The highest BCUT2D eigenvalue weighted by Crippen LogP contribution is 2.20. The first-order chi connectivity index (χ1) is 11.9. The van der Waals surface area contributed by atoms with Crippen LogP contribution in [0.5, 0.6) is 0 Å². The van der Waals surface area contributed by atoms with Gasteiger partial charge in [0.2, 0.25) is 5.91 Å². The van der Waals surface area contributed by atoms with Gasteiger partial charge in [-0.15, -0.1) is 0 Å². The molecule has 0 radical (unpaired) electrons. The van der Waals surface area contributed by atoms with Crippen molar-refractivity contribution in [3.63, 3.8) is 0 Å². The molecule has 1 saturated heterocycles. The molecule has 8 heteroatoms. The van der Waals surface area contributed by atoms with Crippen molar-refractivity contribution < 1.29 is 4.79 Å². The number of rotatable bonds is 4. The van der Waals surface area contributed by atoms with Crippen LogP contribution in [0.4, 0.5) is 0 Å². The average Bonchev–Trinajstić information content (AvgIpc) is 3.06. The molecule has 0 aromatic carbocycles. The fourth-order valence-corrected chi connectivity index (χ4v) is 3.57. The van der Waals surface area contributed by atoms with E-state index in [2.05, 4.69) is 11.9 Å². The van der Waals surface area contributed by atoms with Gasteiger partial charge in [-0.2, -0.15) is 0 Å². The molecule has 1 atom stereocenters. The smallest absolute Gasteiger partial charge is 0.332 e. The Hall–Kier alpha value is -2.38. The van der Waals surface area contributed by atoms with E-state index in [1.165, 1.54) is 24.4 Å². The minimum Gasteiger partial charge on any atom is -0.342 e. The average molecular weight is 347 g/mol. The number of hydrogen-bond donors (Lipinski definition) is 0. The lowest BCUT2D eigenvalue weighted by atomic mass is 9.95. The van der Waals surface area contributed by atoms with Gasteiger partial charge in [0.05, 0.1) is 6.33 Å². The molecule has 25 heavy (non-hydrogen) atoms. The van der Waals surface area contributed by atoms with Gasteiger partial charge in [0, 0.05) is 40.2 Å². The molecule has 1 fully saturated rings. The molecule has 3 rings (SSSR count). The van der Waals surface area contributed by atoms with E-state index >= 15 is 0 Å². The van der Waals surface area contributed by atoms with Crippen molar-refractivity contribution in [3.05, 3.63) is 27.2 Å². The molecule has 1 aliphatic rings. The second-order valence-corrected chi connectivity index (χ2v) is 6.82. The number of nitrogens with zero attached hydrogens (tertiary/aromatic N) is 5. The summed E-state index contributed by atoms with van der Waals surface area (Å²) in [5.74, 6) is 0.704. The van der Waals surface area contributed by atoms with Gasteiger partial charge in [-0.25, -0.2) is 9.78 Å². The molecule has 0 spiro atoms. The van der Waals surface area contributed by atoms with Crippen molar-refractivity contribution in [2.24, 2.45) is 20.0 Å². The van der Waals surface area contributed by atoms with Crippen molar-refractivity contribution in [1.82, 2.24) is 23.6 Å². The Morgan fingerprint density at radius 2 is 2.04 bits per heavy atom. The molecule has 0 saturated carbocycles. The number of aromatic nitrogens is 4. The zero-order valence-corrected chi connectivity index (χ0v) is 15.1. The van der Waals surface area contributed by atoms with E-state index in [4.69, 9.17) is 0 Å². The summed E-state index contributed by atoms with van der Waals surface area (Å²) in [5.41, 5.74) is -0.0723. The van der Waals surface area contributed by atoms with Gasteiger partial charge in [-0.05, 0) is 18.8 Å². The third kappa shape index (κ3) is 3.12. The first kappa shape index (κ1) is 17.4. The third-order valence-corrected chi connectivity index (χ3v) is 5.23. The maximum atomic E-state index is 12.5. The summed E-state index contributed by atoms with van der Waals surface area (Å²) < 4.78 is 4.10. The Bertz CT molecular complexity index is 907. The fraction of sp³-hybridized carbons (Fsp3) is 0.647. The van der Waals surface area contributed by atoms with Gasteiger partial charge >= 0.3 is 5.69 Å². The van der Waals surface area contributed by atoms with Crippen LogP contribution in [0.25, 0.3) is 11.2 Å². The van der Waals surface area contributed by atoms with Gasteiger partial charge in [-0.1, -0.05) is 13.3 Å². The minimum absolute atomic E-state index is 0.113. The number of likely N-dealkylation sites (tertiary alicyclic amines) is 1. The number of fused-ring (bicyclic) bond motifs is 1. The lowest BCUT2D eigenvalue weighted by molar-refractivity contribution is -0.133. The van der Waals surface area contributed by atoms with E-state index in [0.29, 0.717) is 30.0 Å². The predicted octanol–water partition coefficient (Wildman–Crippen LogP) is 0.472. The summed E-state index contributed by atoms with van der Waals surface area (Å²) >= 11 is 0. The molecule has 136 valence electrons. The van der Waals surface area contributed by atoms with Crippen LogP contribution in [0.3, 0.4) is 0 Å². The van der Waals surface area contributed by atoms with Gasteiger partial charge in [-0.3, -0.25) is 18.7 Å². The van der Waals surface area contributed by atoms with Gasteiger partial charge in [0.15, 0.2) is 11.2 Å². The molecule has 2 aromatic rings. The van der Waals surface area contributed by atoms with Gasteiger partial charge < -0.3 is 9.47 Å². The van der Waals surface area contributed by atoms with E-state index in [1.807, 2.05) is 4.90 Å². The number of imidazole rings is 1. The molecule has 3 heterocycles. The summed E-state index contributed by atoms with van der Waals surface area (Å²) in [6.45, 7) is 4.19. The van der Waals surface area contributed by atoms with Crippen LogP contribution >= 0.6 is 0 Å². The normalized spacial score (nSPS) is 18.0. The fourth-order valence-electron chi connectivity index (χ4n) is 3.57. The number of piperidine rings is 1. The van der Waals surface area contributed by atoms with Crippen LogP contribution in [0.2, 0.25) is 0 Å². The largest absolute Gasteiger partial charge is 0.342 e. The van der Waals surface area contributed by atoms with Crippen molar-refractivity contribution >= 4 is 17.1 Å². The molecule has 0 unspecified atom stereocenters. The highest BCUT2D eigenvalue weighted by atomic mass is 16.2. The van der Waals surface area contributed by atoms with Crippen LogP contribution in [0.1, 0.15) is 32.6 Å². The lowest BCUT2D eigenvalue weighted by Crippen LogP contribution is -2.40. The first-order valence-corrected chi connectivity index (χ1v) is 8.82. The van der Waals surface area contributed by atoms with E-state index in [1.54, 1.807) is 11.6 Å². The Kier molecular flexibility index (Phi) is 4.78. The number of carbonyl (C=O) groups excluding carboxylic acids is 1. The van der Waals surface area contributed by atoms with Gasteiger partial charge in [0.25, 0.3) is 5.56 Å². The highest BCUT2D eigenvalue weighted by molar-refractivity contribution is 5.76. The molecule has 2 aromatic heterocycles. The summed E-state index contributed by atoms with van der Waals surface area (Å²) in [4.78, 5) is 43.0. The lowest BCUT2D eigenvalue weighted by Gasteiger charge is -2.32. The Labute approximate surface area is 145 Å². The van der Waals surface area contributed by atoms with Crippen LogP contribution < -0.4 is 11.2 Å². The van der Waals surface area contributed by atoms with Crippen LogP contribution in [-0.2, 0) is 25.4 Å². The van der Waals surface area contributed by atoms with E-state index in [9.17, 15) is 14.4 Å². The Morgan fingerprint density at radius 3 is 2.76 bits per heavy atom. The summed E-state index contributed by atoms with van der Waals surface area (Å²) in [5, 5.41) is 0. The summed E-state index contributed by atoms with van der Waals surface area (Å²) in [6, 6.07) is 0. The SMILES string of the molecule is CC[C@H]1CCCN(C(=O)CCn2cnc3c2c(=O)n(C)c(=O)n3C)C1. The van der Waals surface area contributed by atoms with E-state index in [-0.39, 0.29) is 11.5 Å². The minimum atomic E-state index is -0.405. The second-order valence-electron chi connectivity index (χ2n) is 6.82. The quantitative estimate of drug-likeness (QED) is 0.805. The zero-order chi connectivity index (χ0) is 18.1.